The molecular formula is C20H30N4OS. The first-order valence-electron chi connectivity index (χ1n) is 9.95. The van der Waals surface area contributed by atoms with Gasteiger partial charge in [0.1, 0.15) is 0 Å². The van der Waals surface area contributed by atoms with Crippen molar-refractivity contribution in [2.24, 2.45) is 5.41 Å². The first-order valence-corrected chi connectivity index (χ1v) is 10.9. The first-order chi connectivity index (χ1) is 12.3. The monoisotopic (exact) mass is 374 g/mol. The lowest BCUT2D eigenvalue weighted by atomic mass is 9.70. The van der Waals surface area contributed by atoms with Crippen molar-refractivity contribution in [1.82, 2.24) is 20.1 Å². The Hall–Kier alpha value is -1.17. The predicted molar refractivity (Wildman–Crippen MR) is 103 cm³/mol. The van der Waals surface area contributed by atoms with Crippen molar-refractivity contribution < 1.29 is 4.79 Å². The van der Waals surface area contributed by atoms with E-state index in [4.69, 9.17) is 4.98 Å². The summed E-state index contributed by atoms with van der Waals surface area (Å²) in [5, 5.41) is 9.55. The predicted octanol–water partition coefficient (Wildman–Crippen LogP) is 3.93. The van der Waals surface area contributed by atoms with E-state index in [1.54, 1.807) is 0 Å². The average molecular weight is 375 g/mol. The molecule has 4 atom stereocenters. The number of rotatable bonds is 3. The molecule has 2 heterocycles. The van der Waals surface area contributed by atoms with Gasteiger partial charge in [-0.1, -0.05) is 32.5 Å². The summed E-state index contributed by atoms with van der Waals surface area (Å²) in [5.74, 6) is 1.07. The lowest BCUT2D eigenvalue weighted by Crippen LogP contribution is -2.48. The van der Waals surface area contributed by atoms with Crippen LogP contribution in [-0.2, 0) is 10.2 Å². The maximum atomic E-state index is 12.7. The van der Waals surface area contributed by atoms with Crippen LogP contribution in [0.2, 0.25) is 0 Å². The minimum Gasteiger partial charge on any atom is -0.337 e. The van der Waals surface area contributed by atoms with Crippen molar-refractivity contribution in [3.8, 4) is 0 Å². The molecule has 0 radical (unpaired) electrons. The van der Waals surface area contributed by atoms with Crippen LogP contribution in [-0.4, -0.2) is 43.8 Å². The molecule has 1 aromatic heterocycles. The summed E-state index contributed by atoms with van der Waals surface area (Å²) in [4.78, 5) is 19.7. The fourth-order valence-corrected chi connectivity index (χ4v) is 6.19. The summed E-state index contributed by atoms with van der Waals surface area (Å²) in [6.07, 6.45) is 5.77. The molecule has 26 heavy (non-hydrogen) atoms. The number of piperidine rings is 1. The quantitative estimate of drug-likeness (QED) is 0.750. The molecular weight excluding hydrogens is 344 g/mol. The van der Waals surface area contributed by atoms with E-state index in [2.05, 4.69) is 49.7 Å². The van der Waals surface area contributed by atoms with Gasteiger partial charge in [-0.05, 0) is 51.4 Å². The number of aromatic nitrogens is 3. The van der Waals surface area contributed by atoms with Gasteiger partial charge in [0.05, 0.1) is 17.1 Å². The average Bonchev–Trinajstić information content (AvgIpc) is 2.92. The molecule has 1 saturated carbocycles. The molecule has 1 saturated heterocycles. The largest absolute Gasteiger partial charge is 0.337 e. The number of hydrogen-bond donors (Lipinski definition) is 0. The van der Waals surface area contributed by atoms with Crippen LogP contribution < -0.4 is 0 Å². The van der Waals surface area contributed by atoms with Crippen molar-refractivity contribution in [2.45, 2.75) is 95.3 Å². The number of thioether (sulfide) groups is 1. The van der Waals surface area contributed by atoms with Crippen LogP contribution in [0.25, 0.3) is 0 Å². The van der Waals surface area contributed by atoms with Gasteiger partial charge in [-0.25, -0.2) is 4.98 Å². The number of hydrogen-bond acceptors (Lipinski definition) is 5. The van der Waals surface area contributed by atoms with E-state index in [0.717, 1.165) is 24.2 Å². The van der Waals surface area contributed by atoms with Gasteiger partial charge in [-0.3, -0.25) is 4.79 Å². The van der Waals surface area contributed by atoms with Crippen LogP contribution in [0.4, 0.5) is 0 Å². The Morgan fingerprint density at radius 3 is 2.54 bits per heavy atom. The minimum absolute atomic E-state index is 0.0815. The number of carbonyl (C=O) groups excluding carboxylic acids is 1. The number of likely N-dealkylation sites (tertiary alicyclic amines) is 1. The van der Waals surface area contributed by atoms with E-state index in [1.807, 2.05) is 0 Å². The maximum Gasteiger partial charge on any atom is 0.233 e. The summed E-state index contributed by atoms with van der Waals surface area (Å²) >= 11 is 1.44. The van der Waals surface area contributed by atoms with Crippen LogP contribution in [0.3, 0.4) is 0 Å². The molecule has 1 aliphatic heterocycles. The van der Waals surface area contributed by atoms with E-state index in [0.29, 0.717) is 28.9 Å². The van der Waals surface area contributed by atoms with Gasteiger partial charge >= 0.3 is 0 Å². The van der Waals surface area contributed by atoms with Crippen molar-refractivity contribution >= 4 is 17.7 Å². The number of carbonyl (C=O) groups is 1. The van der Waals surface area contributed by atoms with Gasteiger partial charge in [0.15, 0.2) is 0 Å². The highest BCUT2D eigenvalue weighted by Crippen LogP contribution is 2.66. The van der Waals surface area contributed by atoms with Crippen LogP contribution in [0.1, 0.15) is 84.0 Å². The number of fused-ring (bicyclic) bond motifs is 5. The molecule has 0 N–H and O–H groups in total. The highest BCUT2D eigenvalue weighted by atomic mass is 32.2. The molecule has 2 aliphatic carbocycles. The van der Waals surface area contributed by atoms with Crippen molar-refractivity contribution in [1.29, 1.82) is 0 Å². The Morgan fingerprint density at radius 1 is 1.15 bits per heavy atom. The highest BCUT2D eigenvalue weighted by molar-refractivity contribution is 7.99. The van der Waals surface area contributed by atoms with E-state index in [9.17, 15) is 4.79 Å². The van der Waals surface area contributed by atoms with Crippen LogP contribution in [0.5, 0.6) is 0 Å². The zero-order valence-corrected chi connectivity index (χ0v) is 17.4. The van der Waals surface area contributed by atoms with Crippen molar-refractivity contribution in [3.63, 3.8) is 0 Å². The standard InChI is InChI=1S/C20H30N4OS/c1-12-7-6-8-13(2)24(12)15(25)11-26-18-21-17-16(22-23-18)14-9-10-20(17,5)19(14,3)4/h12-14H,6-11H2,1-5H3/t12-,13-,14-,20-/m1/s1. The second-order valence-corrected chi connectivity index (χ2v) is 10.1. The van der Waals surface area contributed by atoms with Gasteiger partial charge in [0.2, 0.25) is 11.1 Å². The summed E-state index contributed by atoms with van der Waals surface area (Å²) in [6.45, 7) is 11.3. The van der Waals surface area contributed by atoms with E-state index in [-0.39, 0.29) is 16.7 Å². The highest BCUT2D eigenvalue weighted by Gasteiger charge is 2.61. The normalized spacial score (nSPS) is 34.8. The number of nitrogens with zero attached hydrogens (tertiary/aromatic N) is 4. The molecule has 0 spiro atoms. The molecule has 0 unspecified atom stereocenters. The Bertz CT molecular complexity index is 727. The van der Waals surface area contributed by atoms with Crippen LogP contribution >= 0.6 is 11.8 Å². The van der Waals surface area contributed by atoms with Gasteiger partial charge in [0.25, 0.3) is 0 Å². The third-order valence-electron chi connectivity index (χ3n) is 7.58. The Kier molecular flexibility index (Phi) is 4.33. The SMILES string of the molecule is C[C@@H]1CCC[C@@H](C)N1C(=O)CSc1nnc2c(n1)[C@@]1(C)CC[C@H]2C1(C)C. The Labute approximate surface area is 160 Å². The van der Waals surface area contributed by atoms with Gasteiger partial charge in [-0.2, -0.15) is 5.10 Å². The molecule has 2 fully saturated rings. The zero-order chi connectivity index (χ0) is 18.7. The van der Waals surface area contributed by atoms with Gasteiger partial charge < -0.3 is 4.90 Å². The molecule has 4 rings (SSSR count). The van der Waals surface area contributed by atoms with E-state index in [1.165, 1.54) is 31.0 Å². The third-order valence-corrected chi connectivity index (χ3v) is 8.40. The zero-order valence-electron chi connectivity index (χ0n) is 16.6. The topological polar surface area (TPSA) is 59.0 Å². The molecule has 3 aliphatic rings. The molecule has 0 aromatic carbocycles. The van der Waals surface area contributed by atoms with Crippen molar-refractivity contribution in [3.05, 3.63) is 11.4 Å². The summed E-state index contributed by atoms with van der Waals surface area (Å²) in [6, 6.07) is 0.669. The number of amides is 1. The first kappa shape index (κ1) is 18.2. The molecule has 2 bridgehead atoms. The lowest BCUT2D eigenvalue weighted by molar-refractivity contribution is -0.134. The molecule has 142 valence electrons. The molecule has 1 amide bonds. The van der Waals surface area contributed by atoms with Crippen molar-refractivity contribution in [2.75, 3.05) is 5.75 Å². The molecule has 6 heteroatoms. The van der Waals surface area contributed by atoms with Gasteiger partial charge in [0, 0.05) is 23.4 Å². The van der Waals surface area contributed by atoms with E-state index >= 15 is 0 Å². The second kappa shape index (κ2) is 6.18. The Balaban J connectivity index is 1.49. The summed E-state index contributed by atoms with van der Waals surface area (Å²) in [7, 11) is 0. The summed E-state index contributed by atoms with van der Waals surface area (Å²) in [5.41, 5.74) is 2.49. The van der Waals surface area contributed by atoms with E-state index < -0.39 is 0 Å². The molecule has 1 aromatic rings. The van der Waals surface area contributed by atoms with Crippen LogP contribution in [0.15, 0.2) is 5.16 Å². The smallest absolute Gasteiger partial charge is 0.233 e. The van der Waals surface area contributed by atoms with Crippen LogP contribution in [0, 0.1) is 5.41 Å². The minimum atomic E-state index is 0.0815. The maximum absolute atomic E-state index is 12.7. The van der Waals surface area contributed by atoms with Gasteiger partial charge in [-0.15, -0.1) is 5.10 Å². The fraction of sp³-hybridized carbons (Fsp3) is 0.800. The second-order valence-electron chi connectivity index (χ2n) is 9.19. The Morgan fingerprint density at radius 2 is 1.85 bits per heavy atom. The molecule has 5 nitrogen and oxygen atoms in total. The lowest BCUT2D eigenvalue weighted by Gasteiger charge is -2.39. The summed E-state index contributed by atoms with van der Waals surface area (Å²) < 4.78 is 0. The third kappa shape index (κ3) is 2.51. The fourth-order valence-electron chi connectivity index (χ4n) is 5.54.